The fraction of sp³-hybridized carbons (Fsp3) is 0.214. The lowest BCUT2D eigenvalue weighted by atomic mass is 10.0. The predicted molar refractivity (Wildman–Crippen MR) is 77.0 cm³/mol. The number of aromatic carboxylic acids is 1. The first kappa shape index (κ1) is 13.4. The van der Waals surface area contributed by atoms with Crippen LogP contribution in [0.5, 0.6) is 5.75 Å². The Morgan fingerprint density at radius 3 is 2.53 bits per heavy atom. The molecule has 2 rings (SSSR count). The first-order valence-corrected chi connectivity index (χ1v) is 6.71. The van der Waals surface area contributed by atoms with Gasteiger partial charge in [0.25, 0.3) is 0 Å². The van der Waals surface area contributed by atoms with E-state index < -0.39 is 5.97 Å². The molecule has 0 atom stereocenters. The summed E-state index contributed by atoms with van der Waals surface area (Å²) in [7, 11) is 0. The molecule has 100 valence electrons. The molecule has 0 aliphatic rings. The van der Waals surface area contributed by atoms with Gasteiger partial charge in [0.15, 0.2) is 0 Å². The Morgan fingerprint density at radius 2 is 2.00 bits per heavy atom. The Kier molecular flexibility index (Phi) is 3.76. The number of nitrogens with two attached hydrogens (primary N) is 1. The summed E-state index contributed by atoms with van der Waals surface area (Å²) in [5.74, 6) is -0.227. The Balaban J connectivity index is 2.49. The minimum atomic E-state index is -0.995. The van der Waals surface area contributed by atoms with Crippen molar-refractivity contribution in [3.05, 3.63) is 34.7 Å². The van der Waals surface area contributed by atoms with Gasteiger partial charge < -0.3 is 15.6 Å². The van der Waals surface area contributed by atoms with Crippen molar-refractivity contribution in [2.75, 3.05) is 12.3 Å². The molecular formula is C14H15NO3S. The van der Waals surface area contributed by atoms with E-state index in [1.54, 1.807) is 0 Å². The lowest BCUT2D eigenvalue weighted by Crippen LogP contribution is -2.01. The highest BCUT2D eigenvalue weighted by atomic mass is 32.1. The van der Waals surface area contributed by atoms with Gasteiger partial charge in [-0.15, -0.1) is 11.3 Å². The molecule has 0 spiro atoms. The van der Waals surface area contributed by atoms with Gasteiger partial charge in [-0.3, -0.25) is 0 Å². The summed E-state index contributed by atoms with van der Waals surface area (Å²) in [6.07, 6.45) is 0. The quantitative estimate of drug-likeness (QED) is 0.898. The van der Waals surface area contributed by atoms with Gasteiger partial charge in [-0.2, -0.15) is 0 Å². The maximum absolute atomic E-state index is 11.3. The van der Waals surface area contributed by atoms with Gasteiger partial charge in [0.05, 0.1) is 6.61 Å². The van der Waals surface area contributed by atoms with E-state index in [-0.39, 0.29) is 5.56 Å². The smallest absolute Gasteiger partial charge is 0.339 e. The van der Waals surface area contributed by atoms with Crippen LogP contribution < -0.4 is 10.5 Å². The zero-order valence-electron chi connectivity index (χ0n) is 10.8. The third-order valence-corrected chi connectivity index (χ3v) is 3.71. The largest absolute Gasteiger partial charge is 0.494 e. The molecule has 1 aromatic carbocycles. The van der Waals surface area contributed by atoms with Crippen LogP contribution in [0.25, 0.3) is 11.1 Å². The fourth-order valence-electron chi connectivity index (χ4n) is 2.01. The number of carboxylic acid groups (broad SMARTS) is 1. The van der Waals surface area contributed by atoms with Crippen molar-refractivity contribution in [3.8, 4) is 16.9 Å². The maximum atomic E-state index is 11.3. The molecule has 0 saturated heterocycles. The molecule has 0 aliphatic carbocycles. The van der Waals surface area contributed by atoms with Crippen LogP contribution in [0, 0.1) is 6.92 Å². The van der Waals surface area contributed by atoms with Crippen LogP contribution in [0.3, 0.4) is 0 Å². The SMILES string of the molecule is CCOc1ccc(-c2c(C)sc(N)c2C(=O)O)cc1. The van der Waals surface area contributed by atoms with Gasteiger partial charge in [0, 0.05) is 10.4 Å². The van der Waals surface area contributed by atoms with Crippen LogP contribution in [-0.2, 0) is 0 Å². The number of thiophene rings is 1. The van der Waals surface area contributed by atoms with Gasteiger partial charge in [-0.1, -0.05) is 12.1 Å². The minimum absolute atomic E-state index is 0.187. The average Bonchev–Trinajstić information content (AvgIpc) is 2.66. The van der Waals surface area contributed by atoms with Crippen molar-refractivity contribution in [1.29, 1.82) is 0 Å². The molecule has 1 heterocycles. The number of anilines is 1. The van der Waals surface area contributed by atoms with Gasteiger partial charge >= 0.3 is 5.97 Å². The zero-order chi connectivity index (χ0) is 14.0. The summed E-state index contributed by atoms with van der Waals surface area (Å²) in [5, 5.41) is 9.60. The number of aryl methyl sites for hydroxylation is 1. The number of carboxylic acids is 1. The molecule has 0 saturated carbocycles. The average molecular weight is 277 g/mol. The van der Waals surface area contributed by atoms with Crippen molar-refractivity contribution in [2.45, 2.75) is 13.8 Å². The van der Waals surface area contributed by atoms with E-state index in [9.17, 15) is 9.90 Å². The number of hydrogen-bond donors (Lipinski definition) is 2. The molecule has 0 aliphatic heterocycles. The van der Waals surface area contributed by atoms with E-state index in [1.807, 2.05) is 38.1 Å². The van der Waals surface area contributed by atoms with Crippen LogP contribution in [0.15, 0.2) is 24.3 Å². The Hall–Kier alpha value is -2.01. The number of carbonyl (C=O) groups is 1. The highest BCUT2D eigenvalue weighted by Gasteiger charge is 2.20. The van der Waals surface area contributed by atoms with Crippen molar-refractivity contribution < 1.29 is 14.6 Å². The molecule has 0 bridgehead atoms. The number of nitrogen functional groups attached to an aromatic ring is 1. The Labute approximate surface area is 115 Å². The lowest BCUT2D eigenvalue weighted by molar-refractivity contribution is 0.0699. The van der Waals surface area contributed by atoms with Crippen molar-refractivity contribution >= 4 is 22.3 Å². The van der Waals surface area contributed by atoms with Crippen molar-refractivity contribution in [1.82, 2.24) is 0 Å². The molecule has 1 aromatic heterocycles. The summed E-state index contributed by atoms with van der Waals surface area (Å²) in [5.41, 5.74) is 7.49. The minimum Gasteiger partial charge on any atom is -0.494 e. The van der Waals surface area contributed by atoms with Crippen LogP contribution in [0.4, 0.5) is 5.00 Å². The first-order chi connectivity index (χ1) is 9.04. The molecule has 4 nitrogen and oxygen atoms in total. The van der Waals surface area contributed by atoms with Gasteiger partial charge in [-0.25, -0.2) is 4.79 Å². The summed E-state index contributed by atoms with van der Waals surface area (Å²) in [6.45, 7) is 4.39. The zero-order valence-corrected chi connectivity index (χ0v) is 11.6. The van der Waals surface area contributed by atoms with Gasteiger partial charge in [0.1, 0.15) is 16.3 Å². The van der Waals surface area contributed by atoms with E-state index >= 15 is 0 Å². The molecule has 5 heteroatoms. The third-order valence-electron chi connectivity index (χ3n) is 2.78. The van der Waals surface area contributed by atoms with Crippen LogP contribution in [0.2, 0.25) is 0 Å². The molecule has 3 N–H and O–H groups in total. The van der Waals surface area contributed by atoms with Crippen molar-refractivity contribution in [3.63, 3.8) is 0 Å². The summed E-state index contributed by atoms with van der Waals surface area (Å²) in [6, 6.07) is 7.37. The highest BCUT2D eigenvalue weighted by Crippen LogP contribution is 2.38. The van der Waals surface area contributed by atoms with Crippen LogP contribution in [0.1, 0.15) is 22.2 Å². The second-order valence-corrected chi connectivity index (χ2v) is 5.29. The molecular weight excluding hydrogens is 262 g/mol. The lowest BCUT2D eigenvalue weighted by Gasteiger charge is -2.06. The van der Waals surface area contributed by atoms with Crippen molar-refractivity contribution in [2.24, 2.45) is 0 Å². The molecule has 0 fully saturated rings. The fourth-order valence-corrected chi connectivity index (χ4v) is 2.95. The topological polar surface area (TPSA) is 72.5 Å². The predicted octanol–water partition coefficient (Wildman–Crippen LogP) is 3.40. The summed E-state index contributed by atoms with van der Waals surface area (Å²) < 4.78 is 5.37. The second kappa shape index (κ2) is 5.32. The standard InChI is InChI=1S/C14H15NO3S/c1-3-18-10-6-4-9(5-7-10)11-8(2)19-13(15)12(11)14(16)17/h4-7H,3,15H2,1-2H3,(H,16,17). The number of benzene rings is 1. The molecule has 2 aromatic rings. The number of ether oxygens (including phenoxy) is 1. The molecule has 0 radical (unpaired) electrons. The van der Waals surface area contributed by atoms with E-state index in [0.717, 1.165) is 16.2 Å². The monoisotopic (exact) mass is 277 g/mol. The Bertz CT molecular complexity index is 602. The highest BCUT2D eigenvalue weighted by molar-refractivity contribution is 7.16. The van der Waals surface area contributed by atoms with Gasteiger partial charge in [0.2, 0.25) is 0 Å². The molecule has 0 amide bonds. The normalized spacial score (nSPS) is 10.4. The second-order valence-electron chi connectivity index (χ2n) is 4.04. The molecule has 19 heavy (non-hydrogen) atoms. The first-order valence-electron chi connectivity index (χ1n) is 5.90. The summed E-state index contributed by atoms with van der Waals surface area (Å²) in [4.78, 5) is 12.2. The van der Waals surface area contributed by atoms with E-state index in [0.29, 0.717) is 17.2 Å². The van der Waals surface area contributed by atoms with E-state index in [4.69, 9.17) is 10.5 Å². The number of rotatable bonds is 4. The van der Waals surface area contributed by atoms with Gasteiger partial charge in [-0.05, 0) is 31.5 Å². The Morgan fingerprint density at radius 1 is 1.37 bits per heavy atom. The maximum Gasteiger partial charge on any atom is 0.339 e. The van der Waals surface area contributed by atoms with E-state index in [2.05, 4.69) is 0 Å². The third kappa shape index (κ3) is 2.56. The van der Waals surface area contributed by atoms with Crippen LogP contribution in [-0.4, -0.2) is 17.7 Å². The molecule has 0 unspecified atom stereocenters. The van der Waals surface area contributed by atoms with E-state index in [1.165, 1.54) is 11.3 Å². The van der Waals surface area contributed by atoms with Crippen LogP contribution >= 0.6 is 11.3 Å². The summed E-state index contributed by atoms with van der Waals surface area (Å²) >= 11 is 1.30. The number of hydrogen-bond acceptors (Lipinski definition) is 4.